The van der Waals surface area contributed by atoms with Gasteiger partial charge < -0.3 is 10.1 Å². The van der Waals surface area contributed by atoms with Crippen molar-refractivity contribution in [1.82, 2.24) is 0 Å². The number of halogens is 2. The number of hydrogen-bond acceptors (Lipinski definition) is 4. The van der Waals surface area contributed by atoms with Gasteiger partial charge in [-0.3, -0.25) is 14.9 Å². The Morgan fingerprint density at radius 1 is 1.24 bits per heavy atom. The molecule has 0 saturated carbocycles. The predicted molar refractivity (Wildman–Crippen MR) is 97.9 cm³/mol. The highest BCUT2D eigenvalue weighted by Crippen LogP contribution is 2.35. The third kappa shape index (κ3) is 4.84. The summed E-state index contributed by atoms with van der Waals surface area (Å²) in [7, 11) is 0. The number of unbranched alkanes of at least 4 members (excludes halogenated alkanes) is 1. The molecule has 0 aliphatic carbocycles. The summed E-state index contributed by atoms with van der Waals surface area (Å²) in [4.78, 5) is 22.8. The monoisotopic (exact) mass is 382 g/mol. The van der Waals surface area contributed by atoms with E-state index in [0.717, 1.165) is 12.8 Å². The average Bonchev–Trinajstić information content (AvgIpc) is 2.57. The molecule has 0 spiro atoms. The van der Waals surface area contributed by atoms with Gasteiger partial charge in [-0.2, -0.15) is 0 Å². The lowest BCUT2D eigenvalue weighted by Crippen LogP contribution is -2.13. The van der Waals surface area contributed by atoms with Gasteiger partial charge in [0.25, 0.3) is 11.6 Å². The summed E-state index contributed by atoms with van der Waals surface area (Å²) >= 11 is 12.3. The molecule has 0 radical (unpaired) electrons. The minimum atomic E-state index is -0.569. The van der Waals surface area contributed by atoms with Gasteiger partial charge >= 0.3 is 0 Å². The molecule has 0 fully saturated rings. The zero-order valence-electron chi connectivity index (χ0n) is 13.4. The highest BCUT2D eigenvalue weighted by molar-refractivity contribution is 6.37. The number of carbonyl (C=O) groups is 1. The summed E-state index contributed by atoms with van der Waals surface area (Å²) < 4.78 is 5.53. The van der Waals surface area contributed by atoms with Crippen LogP contribution < -0.4 is 10.1 Å². The summed E-state index contributed by atoms with van der Waals surface area (Å²) in [5.41, 5.74) is 0.0663. The van der Waals surface area contributed by atoms with Gasteiger partial charge in [-0.05, 0) is 24.6 Å². The molecule has 1 N–H and O–H groups in total. The summed E-state index contributed by atoms with van der Waals surface area (Å²) in [6.07, 6.45) is 1.82. The molecule has 0 heterocycles. The normalized spacial score (nSPS) is 10.4. The molecule has 0 bridgehead atoms. The molecule has 1 amide bonds. The van der Waals surface area contributed by atoms with Crippen molar-refractivity contribution in [3.63, 3.8) is 0 Å². The summed E-state index contributed by atoms with van der Waals surface area (Å²) in [5, 5.41) is 13.9. The van der Waals surface area contributed by atoms with Crippen LogP contribution in [0.4, 0.5) is 11.4 Å². The van der Waals surface area contributed by atoms with Crippen molar-refractivity contribution in [2.75, 3.05) is 11.9 Å². The third-order valence-electron chi connectivity index (χ3n) is 3.35. The number of amides is 1. The number of anilines is 1. The molecule has 132 valence electrons. The fraction of sp³-hybridized carbons (Fsp3) is 0.235. The van der Waals surface area contributed by atoms with E-state index in [-0.39, 0.29) is 27.0 Å². The Bertz CT molecular complexity index is 773. The standard InChI is InChI=1S/C17H16Cl2N2O4/c1-2-3-8-25-16-12(18)9-11(10-13(16)19)17(22)20-14-6-4-5-7-15(14)21(23)24/h4-7,9-10H,2-3,8H2,1H3,(H,20,22). The van der Waals surface area contributed by atoms with Gasteiger partial charge in [-0.15, -0.1) is 0 Å². The van der Waals surface area contributed by atoms with E-state index in [1.54, 1.807) is 6.07 Å². The molecule has 0 aliphatic rings. The van der Waals surface area contributed by atoms with Gasteiger partial charge in [0.15, 0.2) is 5.75 Å². The van der Waals surface area contributed by atoms with E-state index in [1.165, 1.54) is 30.3 Å². The molecule has 2 aromatic carbocycles. The van der Waals surface area contributed by atoms with Crippen LogP contribution in [0.25, 0.3) is 0 Å². The Morgan fingerprint density at radius 3 is 2.48 bits per heavy atom. The van der Waals surface area contributed by atoms with Crippen LogP contribution in [0, 0.1) is 10.1 Å². The molecular formula is C17H16Cl2N2O4. The largest absolute Gasteiger partial charge is 0.490 e. The van der Waals surface area contributed by atoms with Crippen LogP contribution in [0.2, 0.25) is 10.0 Å². The Labute approximate surface area is 154 Å². The first-order valence-corrected chi connectivity index (χ1v) is 8.36. The second-order valence-corrected chi connectivity index (χ2v) is 6.01. The summed E-state index contributed by atoms with van der Waals surface area (Å²) in [6, 6.07) is 8.69. The van der Waals surface area contributed by atoms with Crippen molar-refractivity contribution in [3.05, 3.63) is 62.1 Å². The molecule has 0 aromatic heterocycles. The van der Waals surface area contributed by atoms with Crippen molar-refractivity contribution in [2.24, 2.45) is 0 Å². The van der Waals surface area contributed by atoms with E-state index in [4.69, 9.17) is 27.9 Å². The number of rotatable bonds is 7. The quantitative estimate of drug-likeness (QED) is 0.398. The molecule has 0 unspecified atom stereocenters. The van der Waals surface area contributed by atoms with Crippen LogP contribution in [-0.2, 0) is 0 Å². The number of nitrogens with zero attached hydrogens (tertiary/aromatic N) is 1. The maximum absolute atomic E-state index is 12.4. The first-order chi connectivity index (χ1) is 11.9. The van der Waals surface area contributed by atoms with Crippen molar-refractivity contribution in [3.8, 4) is 5.75 Å². The Hall–Kier alpha value is -2.31. The number of benzene rings is 2. The van der Waals surface area contributed by atoms with Gasteiger partial charge in [0.1, 0.15) is 5.69 Å². The van der Waals surface area contributed by atoms with E-state index < -0.39 is 10.8 Å². The summed E-state index contributed by atoms with van der Waals surface area (Å²) in [6.45, 7) is 2.50. The zero-order valence-corrected chi connectivity index (χ0v) is 14.9. The molecule has 0 atom stereocenters. The smallest absolute Gasteiger partial charge is 0.292 e. The molecule has 25 heavy (non-hydrogen) atoms. The molecule has 6 nitrogen and oxygen atoms in total. The van der Waals surface area contributed by atoms with Crippen molar-refractivity contribution in [2.45, 2.75) is 19.8 Å². The highest BCUT2D eigenvalue weighted by atomic mass is 35.5. The molecule has 0 saturated heterocycles. The maximum atomic E-state index is 12.4. The first-order valence-electron chi connectivity index (χ1n) is 7.60. The van der Waals surface area contributed by atoms with Gasteiger partial charge in [0.05, 0.1) is 21.6 Å². The van der Waals surface area contributed by atoms with E-state index >= 15 is 0 Å². The maximum Gasteiger partial charge on any atom is 0.292 e. The van der Waals surface area contributed by atoms with E-state index in [1.807, 2.05) is 6.92 Å². The Balaban J connectivity index is 2.22. The number of hydrogen-bond donors (Lipinski definition) is 1. The highest BCUT2D eigenvalue weighted by Gasteiger charge is 2.18. The van der Waals surface area contributed by atoms with Crippen LogP contribution in [0.1, 0.15) is 30.1 Å². The zero-order chi connectivity index (χ0) is 18.4. The van der Waals surface area contributed by atoms with Crippen LogP contribution >= 0.6 is 23.2 Å². The SMILES string of the molecule is CCCCOc1c(Cl)cc(C(=O)Nc2ccccc2[N+](=O)[O-])cc1Cl. The molecule has 2 rings (SSSR count). The molecule has 2 aromatic rings. The second kappa shape index (κ2) is 8.69. The first kappa shape index (κ1) is 19.0. The number of ether oxygens (including phenoxy) is 1. The van der Waals surface area contributed by atoms with E-state index in [0.29, 0.717) is 12.4 Å². The minimum Gasteiger partial charge on any atom is -0.490 e. The number of nitro groups is 1. The lowest BCUT2D eigenvalue weighted by Gasteiger charge is -2.12. The van der Waals surface area contributed by atoms with Crippen LogP contribution in [-0.4, -0.2) is 17.4 Å². The van der Waals surface area contributed by atoms with E-state index in [9.17, 15) is 14.9 Å². The Kier molecular flexibility index (Phi) is 6.61. The van der Waals surface area contributed by atoms with E-state index in [2.05, 4.69) is 5.32 Å². The topological polar surface area (TPSA) is 81.5 Å². The van der Waals surface area contributed by atoms with Crippen LogP contribution in [0.15, 0.2) is 36.4 Å². The van der Waals surface area contributed by atoms with Crippen molar-refractivity contribution < 1.29 is 14.5 Å². The second-order valence-electron chi connectivity index (χ2n) is 5.20. The van der Waals surface area contributed by atoms with Gasteiger partial charge in [-0.25, -0.2) is 0 Å². The number of para-hydroxylation sites is 2. The fourth-order valence-electron chi connectivity index (χ4n) is 2.08. The Morgan fingerprint density at radius 2 is 1.88 bits per heavy atom. The lowest BCUT2D eigenvalue weighted by molar-refractivity contribution is -0.383. The minimum absolute atomic E-state index is 0.0908. The fourth-order valence-corrected chi connectivity index (χ4v) is 2.68. The third-order valence-corrected chi connectivity index (χ3v) is 3.92. The molecular weight excluding hydrogens is 367 g/mol. The van der Waals surface area contributed by atoms with Gasteiger partial charge in [0, 0.05) is 11.6 Å². The summed E-state index contributed by atoms with van der Waals surface area (Å²) in [5.74, 6) is -0.239. The molecule has 0 aliphatic heterocycles. The number of nitro benzene ring substituents is 1. The van der Waals surface area contributed by atoms with Crippen LogP contribution in [0.5, 0.6) is 5.75 Å². The van der Waals surface area contributed by atoms with Crippen LogP contribution in [0.3, 0.4) is 0 Å². The lowest BCUT2D eigenvalue weighted by atomic mass is 10.2. The van der Waals surface area contributed by atoms with Crippen molar-refractivity contribution >= 4 is 40.5 Å². The average molecular weight is 383 g/mol. The van der Waals surface area contributed by atoms with Gasteiger partial charge in [0.2, 0.25) is 0 Å². The number of nitrogens with one attached hydrogen (secondary N) is 1. The van der Waals surface area contributed by atoms with Gasteiger partial charge in [-0.1, -0.05) is 48.7 Å². The number of carbonyl (C=O) groups excluding carboxylic acids is 1. The molecule has 8 heteroatoms. The van der Waals surface area contributed by atoms with Crippen molar-refractivity contribution in [1.29, 1.82) is 0 Å². The predicted octanol–water partition coefficient (Wildman–Crippen LogP) is 5.33.